The van der Waals surface area contributed by atoms with Gasteiger partial charge in [0.05, 0.1) is 4.92 Å². The molecule has 0 bridgehead atoms. The standard InChI is InChI=1S/C3H3NO4.Na/c5-1-3(2-6)4(7)8;/h1-2,5H;/q;+1/p-1/b3-1+;. The van der Waals surface area contributed by atoms with E-state index >= 15 is 0 Å². The molecule has 5 nitrogen and oxygen atoms in total. The van der Waals surface area contributed by atoms with E-state index in [9.17, 15) is 20.0 Å². The third kappa shape index (κ3) is 4.14. The number of hydrogen-bond donors (Lipinski definition) is 0. The van der Waals surface area contributed by atoms with Crippen molar-refractivity contribution < 1.29 is 44.4 Å². The predicted octanol–water partition coefficient (Wildman–Crippen LogP) is -4.33. The Morgan fingerprint density at radius 3 is 2.00 bits per heavy atom. The molecule has 44 valence electrons. The number of nitrogens with zero attached hydrogens (tertiary/aromatic N) is 1. The summed E-state index contributed by atoms with van der Waals surface area (Å²) in [6.07, 6.45) is -0.208. The molecule has 0 heterocycles. The van der Waals surface area contributed by atoms with Gasteiger partial charge >= 0.3 is 29.6 Å². The topological polar surface area (TPSA) is 83.3 Å². The van der Waals surface area contributed by atoms with Crippen LogP contribution in [0.15, 0.2) is 12.0 Å². The molecule has 0 saturated carbocycles. The van der Waals surface area contributed by atoms with E-state index in [0.717, 1.165) is 0 Å². The Kier molecular flexibility index (Phi) is 7.28. The molecule has 0 aliphatic rings. The molecule has 0 aromatic heterocycles. The van der Waals surface area contributed by atoms with Crippen LogP contribution in [0.5, 0.6) is 0 Å². The first-order valence-corrected chi connectivity index (χ1v) is 1.64. The minimum Gasteiger partial charge on any atom is -0.873 e. The molecule has 0 atom stereocenters. The molecule has 0 fully saturated rings. The minimum absolute atomic E-state index is 0. The van der Waals surface area contributed by atoms with Gasteiger partial charge in [-0.2, -0.15) is 0 Å². The van der Waals surface area contributed by atoms with Gasteiger partial charge in [0.25, 0.3) is 5.70 Å². The molecule has 0 radical (unpaired) electrons. The van der Waals surface area contributed by atoms with Gasteiger partial charge in [-0.25, -0.2) is 0 Å². The smallest absolute Gasteiger partial charge is 0.873 e. The van der Waals surface area contributed by atoms with Crippen LogP contribution in [0, 0.1) is 10.1 Å². The van der Waals surface area contributed by atoms with Gasteiger partial charge in [-0.3, -0.25) is 14.9 Å². The van der Waals surface area contributed by atoms with Crippen molar-refractivity contribution >= 4 is 6.29 Å². The van der Waals surface area contributed by atoms with E-state index in [1.54, 1.807) is 0 Å². The van der Waals surface area contributed by atoms with Gasteiger partial charge in [-0.1, -0.05) is 6.26 Å². The van der Waals surface area contributed by atoms with Crippen molar-refractivity contribution in [2.75, 3.05) is 0 Å². The van der Waals surface area contributed by atoms with Gasteiger partial charge in [0, 0.05) is 0 Å². The zero-order chi connectivity index (χ0) is 6.57. The van der Waals surface area contributed by atoms with Gasteiger partial charge in [0.1, 0.15) is 0 Å². The molecule has 0 saturated heterocycles. The molecule has 0 aromatic carbocycles. The summed E-state index contributed by atoms with van der Waals surface area (Å²) in [7, 11) is 0. The minimum atomic E-state index is -1.04. The maximum absolute atomic E-state index is 9.47. The van der Waals surface area contributed by atoms with Crippen LogP contribution in [-0.4, -0.2) is 11.2 Å². The normalized spacial score (nSPS) is 9.56. The molecule has 0 aromatic rings. The van der Waals surface area contributed by atoms with Gasteiger partial charge in [0.2, 0.25) is 6.29 Å². The molecular weight excluding hydrogens is 137 g/mol. The summed E-state index contributed by atoms with van der Waals surface area (Å²) < 4.78 is 0. The van der Waals surface area contributed by atoms with E-state index in [4.69, 9.17) is 0 Å². The van der Waals surface area contributed by atoms with Crippen LogP contribution in [0.3, 0.4) is 0 Å². The molecule has 6 heteroatoms. The number of carbonyl (C=O) groups excluding carboxylic acids is 1. The monoisotopic (exact) mass is 139 g/mol. The van der Waals surface area contributed by atoms with Gasteiger partial charge in [-0.15, -0.1) is 0 Å². The van der Waals surface area contributed by atoms with E-state index in [1.165, 1.54) is 0 Å². The second kappa shape index (κ2) is 5.74. The first-order chi connectivity index (χ1) is 3.72. The third-order valence-corrected chi connectivity index (χ3v) is 0.452. The Morgan fingerprint density at radius 2 is 2.00 bits per heavy atom. The molecule has 0 rings (SSSR count). The first-order valence-electron chi connectivity index (χ1n) is 1.64. The van der Waals surface area contributed by atoms with Crippen LogP contribution in [-0.2, 0) is 4.79 Å². The van der Waals surface area contributed by atoms with Crippen LogP contribution < -0.4 is 34.7 Å². The fourth-order valence-corrected chi connectivity index (χ4v) is 0.114. The van der Waals surface area contributed by atoms with Crippen LogP contribution in [0.2, 0.25) is 0 Å². The van der Waals surface area contributed by atoms with Crippen molar-refractivity contribution in [2.24, 2.45) is 0 Å². The SMILES string of the molecule is O=C/C(=C\[O-])[N+](=O)[O-].[Na+]. The molecule has 0 aliphatic heterocycles. The Labute approximate surface area is 72.8 Å². The van der Waals surface area contributed by atoms with Crippen molar-refractivity contribution in [1.29, 1.82) is 0 Å². The Morgan fingerprint density at radius 1 is 1.56 bits per heavy atom. The van der Waals surface area contributed by atoms with Crippen molar-refractivity contribution in [1.82, 2.24) is 0 Å². The van der Waals surface area contributed by atoms with Crippen molar-refractivity contribution in [2.45, 2.75) is 0 Å². The van der Waals surface area contributed by atoms with Crippen molar-refractivity contribution in [3.63, 3.8) is 0 Å². The maximum atomic E-state index is 9.47. The Bertz CT molecular complexity index is 143. The quantitative estimate of drug-likeness (QED) is 0.0966. The molecule has 0 aliphatic carbocycles. The third-order valence-electron chi connectivity index (χ3n) is 0.452. The average molecular weight is 139 g/mol. The largest absolute Gasteiger partial charge is 1.00 e. The number of allylic oxidation sites excluding steroid dienone is 1. The van der Waals surface area contributed by atoms with Crippen molar-refractivity contribution in [3.8, 4) is 0 Å². The van der Waals surface area contributed by atoms with E-state index in [1.807, 2.05) is 0 Å². The number of hydrogen-bond acceptors (Lipinski definition) is 4. The number of nitro groups is 1. The van der Waals surface area contributed by atoms with Crippen LogP contribution in [0.4, 0.5) is 0 Å². The van der Waals surface area contributed by atoms with Crippen LogP contribution in [0.25, 0.3) is 0 Å². The van der Waals surface area contributed by atoms with E-state index in [-0.39, 0.29) is 42.1 Å². The average Bonchev–Trinajstić information content (AvgIpc) is 1.69. The van der Waals surface area contributed by atoms with Crippen LogP contribution >= 0.6 is 0 Å². The number of aldehydes is 1. The molecule has 0 N–H and O–H groups in total. The molecule has 0 unspecified atom stereocenters. The van der Waals surface area contributed by atoms with Crippen LogP contribution in [0.1, 0.15) is 0 Å². The summed E-state index contributed by atoms with van der Waals surface area (Å²) in [6, 6.07) is 0. The summed E-state index contributed by atoms with van der Waals surface area (Å²) in [6.45, 7) is 0. The fourth-order valence-electron chi connectivity index (χ4n) is 0.114. The Balaban J connectivity index is 0. The van der Waals surface area contributed by atoms with Gasteiger partial charge < -0.3 is 5.11 Å². The summed E-state index contributed by atoms with van der Waals surface area (Å²) in [5, 5.41) is 18.9. The predicted molar refractivity (Wildman–Crippen MR) is 21.1 cm³/mol. The van der Waals surface area contributed by atoms with Crippen molar-refractivity contribution in [3.05, 3.63) is 22.1 Å². The summed E-state index contributed by atoms with van der Waals surface area (Å²) in [4.78, 5) is 17.9. The second-order valence-electron chi connectivity index (χ2n) is 0.918. The van der Waals surface area contributed by atoms with Gasteiger partial charge in [-0.05, 0) is 0 Å². The number of carbonyl (C=O) groups is 1. The zero-order valence-electron chi connectivity index (χ0n) is 4.73. The molecular formula is C3H2NNaO4. The van der Waals surface area contributed by atoms with E-state index in [0.29, 0.717) is 0 Å². The van der Waals surface area contributed by atoms with E-state index in [2.05, 4.69) is 0 Å². The molecule has 9 heavy (non-hydrogen) atoms. The first kappa shape index (κ1) is 11.4. The Hall–Kier alpha value is -0.390. The fraction of sp³-hybridized carbons (Fsp3) is 0. The zero-order valence-corrected chi connectivity index (χ0v) is 6.73. The van der Waals surface area contributed by atoms with E-state index < -0.39 is 10.6 Å². The molecule has 0 spiro atoms. The maximum Gasteiger partial charge on any atom is 1.00 e. The second-order valence-corrected chi connectivity index (χ2v) is 0.918. The molecule has 0 amide bonds. The summed E-state index contributed by atoms with van der Waals surface area (Å²) in [5.41, 5.74) is -0.954. The number of rotatable bonds is 2. The van der Waals surface area contributed by atoms with Gasteiger partial charge in [0.15, 0.2) is 0 Å². The summed E-state index contributed by atoms with van der Waals surface area (Å²) >= 11 is 0. The summed E-state index contributed by atoms with van der Waals surface area (Å²) in [5.74, 6) is 0.